The minimum Gasteiger partial charge on any atom is -0.465 e. The van der Waals surface area contributed by atoms with E-state index in [4.69, 9.17) is 4.74 Å². The Morgan fingerprint density at radius 2 is 1.77 bits per heavy atom. The third-order valence-electron chi connectivity index (χ3n) is 6.07. The number of fused-ring (bicyclic) bond motifs is 1. The van der Waals surface area contributed by atoms with Crippen LogP contribution in [0.25, 0.3) is 0 Å². The molecule has 1 N–H and O–H groups in total. The van der Waals surface area contributed by atoms with Crippen molar-refractivity contribution >= 4 is 17.8 Å². The molecule has 7 heteroatoms. The second-order valence-electron chi connectivity index (χ2n) is 7.77. The topological polar surface area (TPSA) is 75.7 Å². The molecule has 156 valence electrons. The fourth-order valence-corrected chi connectivity index (χ4v) is 4.70. The van der Waals surface area contributed by atoms with Crippen LogP contribution in [0.4, 0.5) is 4.39 Å². The number of halogens is 1. The summed E-state index contributed by atoms with van der Waals surface area (Å²) >= 11 is 0. The molecule has 0 radical (unpaired) electrons. The molecule has 4 atom stereocenters. The van der Waals surface area contributed by atoms with Crippen molar-refractivity contribution in [3.63, 3.8) is 0 Å². The largest absolute Gasteiger partial charge is 0.465 e. The van der Waals surface area contributed by atoms with Gasteiger partial charge in [-0.2, -0.15) is 0 Å². The van der Waals surface area contributed by atoms with Crippen LogP contribution in [0.3, 0.4) is 0 Å². The predicted octanol–water partition coefficient (Wildman–Crippen LogP) is 2.25. The van der Waals surface area contributed by atoms with Crippen molar-refractivity contribution in [2.75, 3.05) is 13.7 Å². The van der Waals surface area contributed by atoms with Crippen molar-refractivity contribution in [3.05, 3.63) is 71.5 Å². The summed E-state index contributed by atoms with van der Waals surface area (Å²) in [5.74, 6) is -3.42. The number of benzene rings is 2. The lowest BCUT2D eigenvalue weighted by molar-refractivity contribution is -0.156. The number of nitrogens with zero attached hydrogens (tertiary/aromatic N) is 1. The van der Waals surface area contributed by atoms with Crippen molar-refractivity contribution in [1.82, 2.24) is 10.2 Å². The normalized spacial score (nSPS) is 28.0. The highest BCUT2D eigenvalue weighted by molar-refractivity contribution is 6.09. The van der Waals surface area contributed by atoms with Gasteiger partial charge in [-0.25, -0.2) is 4.39 Å². The zero-order chi connectivity index (χ0) is 21.5. The first kappa shape index (κ1) is 20.2. The molecule has 0 bridgehead atoms. The average Bonchev–Trinajstić information content (AvgIpc) is 3.20. The van der Waals surface area contributed by atoms with E-state index in [2.05, 4.69) is 5.32 Å². The number of imide groups is 1. The van der Waals surface area contributed by atoms with E-state index in [0.717, 1.165) is 10.5 Å². The maximum Gasteiger partial charge on any atom is 0.327 e. The van der Waals surface area contributed by atoms with Gasteiger partial charge in [-0.15, -0.1) is 0 Å². The Labute approximate surface area is 174 Å². The molecule has 2 saturated heterocycles. The highest BCUT2D eigenvalue weighted by atomic mass is 19.1. The number of carbonyl (C=O) groups excluding carboxylic acids is 3. The molecule has 4 rings (SSSR count). The molecule has 4 unspecified atom stereocenters. The number of hydrogen-bond donors (Lipinski definition) is 1. The predicted molar refractivity (Wildman–Crippen MR) is 107 cm³/mol. The smallest absolute Gasteiger partial charge is 0.327 e. The third kappa shape index (κ3) is 3.10. The van der Waals surface area contributed by atoms with Crippen LogP contribution in [0.2, 0.25) is 0 Å². The fourth-order valence-electron chi connectivity index (χ4n) is 4.70. The Hall–Kier alpha value is -3.06. The summed E-state index contributed by atoms with van der Waals surface area (Å²) in [4.78, 5) is 40.5. The van der Waals surface area contributed by atoms with E-state index in [1.807, 2.05) is 30.3 Å². The molecule has 2 aromatic carbocycles. The molecular formula is C23H23FN2O4. The number of likely N-dealkylation sites (tertiary alicyclic amines) is 1. The summed E-state index contributed by atoms with van der Waals surface area (Å²) in [6, 6.07) is 14.4. The van der Waals surface area contributed by atoms with E-state index < -0.39 is 41.1 Å². The molecule has 2 heterocycles. The Bertz CT molecular complexity index is 978. The number of rotatable bonds is 5. The highest BCUT2D eigenvalue weighted by Gasteiger charge is 2.68. The number of amides is 2. The lowest BCUT2D eigenvalue weighted by Crippen LogP contribution is -2.57. The van der Waals surface area contributed by atoms with Gasteiger partial charge in [0.05, 0.1) is 18.4 Å². The van der Waals surface area contributed by atoms with E-state index in [-0.39, 0.29) is 18.9 Å². The minimum absolute atomic E-state index is 0.146. The van der Waals surface area contributed by atoms with Gasteiger partial charge < -0.3 is 4.74 Å². The van der Waals surface area contributed by atoms with Crippen LogP contribution >= 0.6 is 0 Å². The molecule has 0 saturated carbocycles. The Morgan fingerprint density at radius 3 is 2.40 bits per heavy atom. The number of nitrogens with one attached hydrogen (secondary N) is 1. The Balaban J connectivity index is 1.85. The second kappa shape index (κ2) is 7.65. The van der Waals surface area contributed by atoms with Gasteiger partial charge in [-0.3, -0.25) is 24.6 Å². The van der Waals surface area contributed by atoms with Crippen molar-refractivity contribution in [3.8, 4) is 0 Å². The van der Waals surface area contributed by atoms with E-state index >= 15 is 0 Å². The zero-order valence-electron chi connectivity index (χ0n) is 16.8. The van der Waals surface area contributed by atoms with Crippen LogP contribution in [0.1, 0.15) is 24.1 Å². The Kier molecular flexibility index (Phi) is 5.15. The molecule has 2 fully saturated rings. The molecule has 6 nitrogen and oxygen atoms in total. The summed E-state index contributed by atoms with van der Waals surface area (Å²) in [5.41, 5.74) is 0.0759. The summed E-state index contributed by atoms with van der Waals surface area (Å²) in [7, 11) is 1.43. The van der Waals surface area contributed by atoms with Gasteiger partial charge >= 0.3 is 5.97 Å². The SMILES string of the molecule is CCOC(=O)C1(Cc2ccccc2)NC(c2ccc(F)cc2)C2C(=O)N(C)C(=O)C21. The quantitative estimate of drug-likeness (QED) is 0.605. The van der Waals surface area contributed by atoms with Gasteiger partial charge in [0.25, 0.3) is 0 Å². The summed E-state index contributed by atoms with van der Waals surface area (Å²) in [5, 5.41) is 3.29. The highest BCUT2D eigenvalue weighted by Crippen LogP contribution is 2.50. The summed E-state index contributed by atoms with van der Waals surface area (Å²) < 4.78 is 18.9. The molecule has 2 amide bonds. The van der Waals surface area contributed by atoms with Gasteiger partial charge in [-0.1, -0.05) is 42.5 Å². The van der Waals surface area contributed by atoms with E-state index in [0.29, 0.717) is 5.56 Å². The van der Waals surface area contributed by atoms with Gasteiger partial charge in [0.15, 0.2) is 0 Å². The number of hydrogen-bond acceptors (Lipinski definition) is 5. The minimum atomic E-state index is -1.40. The summed E-state index contributed by atoms with van der Waals surface area (Å²) in [6.07, 6.45) is 0.193. The lowest BCUT2D eigenvalue weighted by Gasteiger charge is -2.32. The third-order valence-corrected chi connectivity index (χ3v) is 6.07. The standard InChI is InChI=1S/C23H23FN2O4/c1-3-30-22(29)23(13-14-7-5-4-6-8-14)18-17(20(27)26(2)21(18)28)19(25-23)15-9-11-16(24)12-10-15/h4-12,17-19,25H,3,13H2,1-2H3. The molecule has 0 aliphatic carbocycles. The molecule has 2 aromatic rings. The van der Waals surface area contributed by atoms with Crippen molar-refractivity contribution < 1.29 is 23.5 Å². The van der Waals surface area contributed by atoms with Crippen LogP contribution in [0.5, 0.6) is 0 Å². The molecule has 2 aliphatic rings. The van der Waals surface area contributed by atoms with Crippen molar-refractivity contribution in [2.45, 2.75) is 24.9 Å². The Morgan fingerprint density at radius 1 is 1.10 bits per heavy atom. The zero-order valence-corrected chi connectivity index (χ0v) is 16.8. The van der Waals surface area contributed by atoms with E-state index in [1.54, 1.807) is 19.1 Å². The number of esters is 1. The first-order valence-electron chi connectivity index (χ1n) is 9.94. The molecule has 30 heavy (non-hydrogen) atoms. The molecule has 0 aromatic heterocycles. The fraction of sp³-hybridized carbons (Fsp3) is 0.348. The van der Waals surface area contributed by atoms with Gasteiger partial charge in [-0.05, 0) is 30.2 Å². The summed E-state index contributed by atoms with van der Waals surface area (Å²) in [6.45, 7) is 1.85. The van der Waals surface area contributed by atoms with Crippen molar-refractivity contribution in [1.29, 1.82) is 0 Å². The number of ether oxygens (including phenoxy) is 1. The monoisotopic (exact) mass is 410 g/mol. The van der Waals surface area contributed by atoms with Gasteiger partial charge in [0.1, 0.15) is 11.4 Å². The number of carbonyl (C=O) groups is 3. The van der Waals surface area contributed by atoms with E-state index in [9.17, 15) is 18.8 Å². The van der Waals surface area contributed by atoms with Gasteiger partial charge in [0.2, 0.25) is 11.8 Å². The second-order valence-corrected chi connectivity index (χ2v) is 7.77. The van der Waals surface area contributed by atoms with Crippen molar-refractivity contribution in [2.24, 2.45) is 11.8 Å². The van der Waals surface area contributed by atoms with Gasteiger partial charge in [0, 0.05) is 19.5 Å². The van der Waals surface area contributed by atoms with E-state index in [1.165, 1.54) is 19.2 Å². The maximum absolute atomic E-state index is 13.5. The first-order chi connectivity index (χ1) is 14.4. The van der Waals surface area contributed by atoms with Crippen LogP contribution in [-0.2, 0) is 25.5 Å². The molecule has 2 aliphatic heterocycles. The molecular weight excluding hydrogens is 387 g/mol. The lowest BCUT2D eigenvalue weighted by atomic mass is 9.76. The first-order valence-corrected chi connectivity index (χ1v) is 9.94. The molecule has 0 spiro atoms. The maximum atomic E-state index is 13.5. The van der Waals surface area contributed by atoms with Crippen LogP contribution in [0, 0.1) is 17.7 Å². The van der Waals surface area contributed by atoms with Crippen LogP contribution in [-0.4, -0.2) is 41.9 Å². The van der Waals surface area contributed by atoms with Crippen LogP contribution < -0.4 is 5.32 Å². The average molecular weight is 410 g/mol. The van der Waals surface area contributed by atoms with Crippen LogP contribution in [0.15, 0.2) is 54.6 Å².